The topological polar surface area (TPSA) is 12.0 Å². The van der Waals surface area contributed by atoms with Gasteiger partial charge in [0, 0.05) is 6.54 Å². The zero-order chi connectivity index (χ0) is 10.7. The highest BCUT2D eigenvalue weighted by atomic mass is 14.9. The van der Waals surface area contributed by atoms with Crippen LogP contribution in [0.4, 0.5) is 0 Å². The molecule has 0 aliphatic carbocycles. The minimum Gasteiger partial charge on any atom is -0.316 e. The van der Waals surface area contributed by atoms with E-state index in [1.807, 2.05) is 0 Å². The number of benzene rings is 1. The van der Waals surface area contributed by atoms with Gasteiger partial charge in [-0.15, -0.1) is 0 Å². The Balaban J connectivity index is 2.23. The lowest BCUT2D eigenvalue weighted by molar-refractivity contribution is 0.607. The maximum atomic E-state index is 3.54. The van der Waals surface area contributed by atoms with E-state index in [0.717, 1.165) is 12.5 Å². The third-order valence-electron chi connectivity index (χ3n) is 3.63. The molecular weight excluding hydrogens is 182 g/mol. The molecule has 0 aromatic heterocycles. The Kier molecular flexibility index (Phi) is 3.42. The van der Waals surface area contributed by atoms with Crippen LogP contribution in [0.15, 0.2) is 18.2 Å². The van der Waals surface area contributed by atoms with Gasteiger partial charge < -0.3 is 5.32 Å². The van der Waals surface area contributed by atoms with Crippen molar-refractivity contribution in [3.63, 3.8) is 0 Å². The zero-order valence-electron chi connectivity index (χ0n) is 9.84. The molecule has 1 aliphatic rings. The van der Waals surface area contributed by atoms with Crippen molar-refractivity contribution in [2.24, 2.45) is 0 Å². The lowest BCUT2D eigenvalue weighted by atomic mass is 9.89. The first-order valence-electron chi connectivity index (χ1n) is 6.06. The van der Waals surface area contributed by atoms with Crippen molar-refractivity contribution in [2.75, 3.05) is 13.1 Å². The molecule has 1 saturated heterocycles. The molecule has 1 aliphatic heterocycles. The fourth-order valence-electron chi connectivity index (χ4n) is 2.50. The fraction of sp³-hybridized carbons (Fsp3) is 0.571. The molecule has 0 amide bonds. The van der Waals surface area contributed by atoms with Gasteiger partial charge in [-0.3, -0.25) is 0 Å². The van der Waals surface area contributed by atoms with Crippen LogP contribution in [0.5, 0.6) is 0 Å². The largest absolute Gasteiger partial charge is 0.316 e. The summed E-state index contributed by atoms with van der Waals surface area (Å²) in [6.45, 7) is 6.82. The first kappa shape index (κ1) is 10.7. The number of aryl methyl sites for hydroxylation is 1. The molecule has 1 heterocycles. The van der Waals surface area contributed by atoms with Gasteiger partial charge in [0.2, 0.25) is 0 Å². The van der Waals surface area contributed by atoms with Crippen LogP contribution in [0, 0.1) is 13.8 Å². The quantitative estimate of drug-likeness (QED) is 0.739. The van der Waals surface area contributed by atoms with E-state index < -0.39 is 0 Å². The van der Waals surface area contributed by atoms with Gasteiger partial charge in [-0.2, -0.15) is 0 Å². The van der Waals surface area contributed by atoms with Crippen LogP contribution in [0.2, 0.25) is 0 Å². The third kappa shape index (κ3) is 2.40. The minimum atomic E-state index is 0.729. The van der Waals surface area contributed by atoms with Crippen LogP contribution in [0.25, 0.3) is 0 Å². The second-order valence-electron chi connectivity index (χ2n) is 4.69. The van der Waals surface area contributed by atoms with Crippen molar-refractivity contribution in [3.05, 3.63) is 34.9 Å². The molecular formula is C14H21N. The first-order valence-corrected chi connectivity index (χ1v) is 6.06. The Bertz CT molecular complexity index is 322. The maximum Gasteiger partial charge on any atom is 0.00202 e. The van der Waals surface area contributed by atoms with Crippen molar-refractivity contribution in [2.45, 2.75) is 39.0 Å². The monoisotopic (exact) mass is 203 g/mol. The van der Waals surface area contributed by atoms with Crippen molar-refractivity contribution in [3.8, 4) is 0 Å². The smallest absolute Gasteiger partial charge is 0.00202 e. The summed E-state index contributed by atoms with van der Waals surface area (Å²) in [5, 5.41) is 3.54. The standard InChI is InChI=1S/C14H21N/c1-11-6-5-8-14(12(11)2)13-7-3-4-9-15-10-13/h5-6,8,13,15H,3-4,7,9-10H2,1-2H3. The normalized spacial score (nSPS) is 22.4. The summed E-state index contributed by atoms with van der Waals surface area (Å²) < 4.78 is 0. The molecule has 1 fully saturated rings. The molecule has 1 N–H and O–H groups in total. The molecule has 0 saturated carbocycles. The fourth-order valence-corrected chi connectivity index (χ4v) is 2.50. The van der Waals surface area contributed by atoms with Gasteiger partial charge in [-0.05, 0) is 55.8 Å². The van der Waals surface area contributed by atoms with Crippen LogP contribution in [0.3, 0.4) is 0 Å². The maximum absolute atomic E-state index is 3.54. The van der Waals surface area contributed by atoms with E-state index in [1.165, 1.54) is 36.9 Å². The Hall–Kier alpha value is -0.820. The summed E-state index contributed by atoms with van der Waals surface area (Å²) in [5.74, 6) is 0.729. The molecule has 82 valence electrons. The second kappa shape index (κ2) is 4.80. The number of rotatable bonds is 1. The molecule has 1 aromatic carbocycles. The van der Waals surface area contributed by atoms with Gasteiger partial charge in [0.05, 0.1) is 0 Å². The Morgan fingerprint density at radius 2 is 2.07 bits per heavy atom. The van der Waals surface area contributed by atoms with Gasteiger partial charge in [-0.1, -0.05) is 24.6 Å². The van der Waals surface area contributed by atoms with Gasteiger partial charge in [0.1, 0.15) is 0 Å². The van der Waals surface area contributed by atoms with Crippen LogP contribution < -0.4 is 5.32 Å². The van der Waals surface area contributed by atoms with Gasteiger partial charge in [-0.25, -0.2) is 0 Å². The number of hydrogen-bond donors (Lipinski definition) is 1. The highest BCUT2D eigenvalue weighted by molar-refractivity contribution is 5.35. The average Bonchev–Trinajstić information content (AvgIpc) is 2.50. The third-order valence-corrected chi connectivity index (χ3v) is 3.63. The predicted octanol–water partition coefficient (Wildman–Crippen LogP) is 3.16. The van der Waals surface area contributed by atoms with Crippen LogP contribution >= 0.6 is 0 Å². The Morgan fingerprint density at radius 1 is 1.20 bits per heavy atom. The Morgan fingerprint density at radius 3 is 2.93 bits per heavy atom. The van der Waals surface area contributed by atoms with E-state index in [4.69, 9.17) is 0 Å². The van der Waals surface area contributed by atoms with Gasteiger partial charge >= 0.3 is 0 Å². The van der Waals surface area contributed by atoms with Gasteiger partial charge in [0.25, 0.3) is 0 Å². The van der Waals surface area contributed by atoms with E-state index >= 15 is 0 Å². The highest BCUT2D eigenvalue weighted by Gasteiger charge is 2.15. The van der Waals surface area contributed by atoms with Crippen LogP contribution in [0.1, 0.15) is 41.9 Å². The highest BCUT2D eigenvalue weighted by Crippen LogP contribution is 2.27. The molecule has 0 bridgehead atoms. The number of nitrogens with one attached hydrogen (secondary N) is 1. The van der Waals surface area contributed by atoms with E-state index in [0.29, 0.717) is 0 Å². The summed E-state index contributed by atoms with van der Waals surface area (Å²) in [5.41, 5.74) is 4.48. The summed E-state index contributed by atoms with van der Waals surface area (Å²) >= 11 is 0. The number of hydrogen-bond acceptors (Lipinski definition) is 1. The van der Waals surface area contributed by atoms with Crippen LogP contribution in [-0.4, -0.2) is 13.1 Å². The molecule has 2 rings (SSSR count). The first-order chi connectivity index (χ1) is 7.29. The van der Waals surface area contributed by atoms with E-state index in [1.54, 1.807) is 5.56 Å². The molecule has 1 heteroatoms. The van der Waals surface area contributed by atoms with Gasteiger partial charge in [0.15, 0.2) is 0 Å². The molecule has 15 heavy (non-hydrogen) atoms. The molecule has 1 nitrogen and oxygen atoms in total. The SMILES string of the molecule is Cc1cccc(C2CCCCNC2)c1C. The van der Waals surface area contributed by atoms with Crippen molar-refractivity contribution >= 4 is 0 Å². The van der Waals surface area contributed by atoms with Crippen molar-refractivity contribution in [1.29, 1.82) is 0 Å². The molecule has 0 radical (unpaired) electrons. The molecule has 0 spiro atoms. The minimum absolute atomic E-state index is 0.729. The zero-order valence-corrected chi connectivity index (χ0v) is 9.84. The van der Waals surface area contributed by atoms with E-state index in [-0.39, 0.29) is 0 Å². The average molecular weight is 203 g/mol. The van der Waals surface area contributed by atoms with Crippen molar-refractivity contribution in [1.82, 2.24) is 5.32 Å². The lowest BCUT2D eigenvalue weighted by Gasteiger charge is -2.18. The van der Waals surface area contributed by atoms with Crippen LogP contribution in [-0.2, 0) is 0 Å². The molecule has 1 atom stereocenters. The summed E-state index contributed by atoms with van der Waals surface area (Å²) in [4.78, 5) is 0. The summed E-state index contributed by atoms with van der Waals surface area (Å²) in [7, 11) is 0. The van der Waals surface area contributed by atoms with E-state index in [9.17, 15) is 0 Å². The van der Waals surface area contributed by atoms with Crippen molar-refractivity contribution < 1.29 is 0 Å². The summed E-state index contributed by atoms with van der Waals surface area (Å²) in [6.07, 6.45) is 4.05. The molecule has 1 unspecified atom stereocenters. The second-order valence-corrected chi connectivity index (χ2v) is 4.69. The summed E-state index contributed by atoms with van der Waals surface area (Å²) in [6, 6.07) is 6.71. The van der Waals surface area contributed by atoms with E-state index in [2.05, 4.69) is 37.4 Å². The Labute approximate surface area is 92.9 Å². The molecule has 1 aromatic rings. The lowest BCUT2D eigenvalue weighted by Crippen LogP contribution is -2.20. The predicted molar refractivity (Wildman–Crippen MR) is 65.4 cm³/mol.